The molecule has 0 amide bonds. The van der Waals surface area contributed by atoms with Crippen molar-refractivity contribution in [1.82, 2.24) is 4.98 Å². The molecule has 2 aromatic rings. The molecule has 0 saturated carbocycles. The normalized spacial score (nSPS) is 10.5. The van der Waals surface area contributed by atoms with Crippen molar-refractivity contribution >= 4 is 33.2 Å². The first-order valence-electron chi connectivity index (χ1n) is 4.96. The number of aromatic nitrogens is 1. The van der Waals surface area contributed by atoms with Crippen molar-refractivity contribution in [2.45, 2.75) is 13.8 Å². The summed E-state index contributed by atoms with van der Waals surface area (Å²) in [6.45, 7) is 3.79. The molecule has 0 fully saturated rings. The van der Waals surface area contributed by atoms with Crippen molar-refractivity contribution in [3.63, 3.8) is 0 Å². The summed E-state index contributed by atoms with van der Waals surface area (Å²) in [5.41, 5.74) is 2.10. The molecule has 1 N–H and O–H groups in total. The molecule has 0 unspecified atom stereocenters. The Morgan fingerprint density at radius 1 is 1.41 bits per heavy atom. The minimum Gasteiger partial charge on any atom is -0.476 e. The lowest BCUT2D eigenvalue weighted by Crippen LogP contribution is -1.98. The number of carbonyl (C=O) groups is 1. The van der Waals surface area contributed by atoms with Gasteiger partial charge < -0.3 is 5.11 Å². The Labute approximate surface area is 111 Å². The maximum Gasteiger partial charge on any atom is 0.356 e. The Hall–Kier alpha value is -1.20. The van der Waals surface area contributed by atoms with Crippen molar-refractivity contribution in [3.05, 3.63) is 38.9 Å². The third-order valence-corrected chi connectivity index (χ3v) is 4.27. The number of aryl methyl sites for hydroxylation is 2. The van der Waals surface area contributed by atoms with Crippen LogP contribution >= 0.6 is 27.3 Å². The third-order valence-electron chi connectivity index (χ3n) is 2.36. The van der Waals surface area contributed by atoms with Crippen LogP contribution in [0, 0.1) is 13.8 Å². The van der Waals surface area contributed by atoms with E-state index in [1.807, 2.05) is 32.0 Å². The summed E-state index contributed by atoms with van der Waals surface area (Å²) in [4.78, 5) is 15.9. The Kier molecular flexibility index (Phi) is 3.31. The summed E-state index contributed by atoms with van der Waals surface area (Å²) in [7, 11) is 0. The lowest BCUT2D eigenvalue weighted by molar-refractivity contribution is 0.0692. The van der Waals surface area contributed by atoms with Gasteiger partial charge in [0.15, 0.2) is 5.69 Å². The fraction of sp³-hybridized carbons (Fsp3) is 0.167. The molecular weight excluding hydrogens is 302 g/mol. The van der Waals surface area contributed by atoms with Crippen LogP contribution in [-0.4, -0.2) is 16.1 Å². The zero-order chi connectivity index (χ0) is 12.6. The van der Waals surface area contributed by atoms with Crippen LogP contribution in [0.5, 0.6) is 0 Å². The number of benzene rings is 1. The lowest BCUT2D eigenvalue weighted by Gasteiger charge is -2.02. The number of nitrogens with zero attached hydrogens (tertiary/aromatic N) is 1. The first kappa shape index (κ1) is 12.3. The zero-order valence-corrected chi connectivity index (χ0v) is 11.7. The minimum absolute atomic E-state index is 0.134. The van der Waals surface area contributed by atoms with Crippen molar-refractivity contribution in [1.29, 1.82) is 0 Å². The molecule has 1 aromatic heterocycles. The lowest BCUT2D eigenvalue weighted by atomic mass is 10.1. The molecular formula is C12H10BrNO2S. The molecule has 0 aliphatic carbocycles. The van der Waals surface area contributed by atoms with Crippen LogP contribution in [-0.2, 0) is 0 Å². The minimum atomic E-state index is -0.982. The Morgan fingerprint density at radius 3 is 2.71 bits per heavy atom. The molecule has 0 radical (unpaired) electrons. The second-order valence-corrected chi connectivity index (χ2v) is 5.74. The van der Waals surface area contributed by atoms with Crippen molar-refractivity contribution in [2.75, 3.05) is 0 Å². The predicted octanol–water partition coefficient (Wildman–Crippen LogP) is 3.89. The van der Waals surface area contributed by atoms with E-state index in [1.54, 1.807) is 0 Å². The summed E-state index contributed by atoms with van der Waals surface area (Å²) < 4.78 is 1.01. The number of carboxylic acid groups (broad SMARTS) is 1. The van der Waals surface area contributed by atoms with Crippen LogP contribution in [0.1, 0.15) is 21.1 Å². The fourth-order valence-electron chi connectivity index (χ4n) is 1.55. The smallest absolute Gasteiger partial charge is 0.356 e. The molecule has 0 spiro atoms. The topological polar surface area (TPSA) is 50.2 Å². The molecule has 1 aromatic carbocycles. The second-order valence-electron chi connectivity index (χ2n) is 3.68. The molecule has 0 saturated heterocycles. The number of hydrogen-bond donors (Lipinski definition) is 1. The van der Waals surface area contributed by atoms with Gasteiger partial charge in [0.05, 0.1) is 9.88 Å². The van der Waals surface area contributed by atoms with Crippen molar-refractivity contribution < 1.29 is 9.90 Å². The van der Waals surface area contributed by atoms with Gasteiger partial charge in [0.2, 0.25) is 0 Å². The molecule has 0 aliphatic heterocycles. The quantitative estimate of drug-likeness (QED) is 0.915. The SMILES string of the molecule is Cc1nc(C(=O)O)c(-c2ccc(Br)c(C)c2)s1. The predicted molar refractivity (Wildman–Crippen MR) is 71.7 cm³/mol. The van der Waals surface area contributed by atoms with Crippen molar-refractivity contribution in [2.24, 2.45) is 0 Å². The van der Waals surface area contributed by atoms with E-state index in [9.17, 15) is 4.79 Å². The number of hydrogen-bond acceptors (Lipinski definition) is 3. The molecule has 5 heteroatoms. The second kappa shape index (κ2) is 4.58. The average molecular weight is 312 g/mol. The largest absolute Gasteiger partial charge is 0.476 e. The van der Waals surface area contributed by atoms with E-state index in [0.29, 0.717) is 4.88 Å². The first-order chi connectivity index (χ1) is 7.99. The summed E-state index contributed by atoms with van der Waals surface area (Å²) in [6.07, 6.45) is 0. The number of thiazole rings is 1. The van der Waals surface area contributed by atoms with E-state index >= 15 is 0 Å². The van der Waals surface area contributed by atoms with E-state index in [0.717, 1.165) is 20.6 Å². The van der Waals surface area contributed by atoms with Gasteiger partial charge in [-0.05, 0) is 37.1 Å². The van der Waals surface area contributed by atoms with Gasteiger partial charge in [-0.15, -0.1) is 11.3 Å². The third kappa shape index (κ3) is 2.40. The number of carboxylic acids is 1. The van der Waals surface area contributed by atoms with E-state index < -0.39 is 5.97 Å². The Balaban J connectivity index is 2.59. The van der Waals surface area contributed by atoms with E-state index in [1.165, 1.54) is 11.3 Å². The summed E-state index contributed by atoms with van der Waals surface area (Å²) >= 11 is 4.83. The molecule has 88 valence electrons. The monoisotopic (exact) mass is 311 g/mol. The highest BCUT2D eigenvalue weighted by atomic mass is 79.9. The van der Waals surface area contributed by atoms with Crippen LogP contribution in [0.25, 0.3) is 10.4 Å². The Bertz CT molecular complexity index is 592. The van der Waals surface area contributed by atoms with Gasteiger partial charge in [0.1, 0.15) is 0 Å². The Morgan fingerprint density at radius 2 is 2.12 bits per heavy atom. The number of aromatic carboxylic acids is 1. The average Bonchev–Trinajstić information content (AvgIpc) is 2.64. The molecule has 0 aliphatic rings. The highest BCUT2D eigenvalue weighted by Crippen LogP contribution is 2.32. The maximum atomic E-state index is 11.1. The van der Waals surface area contributed by atoms with Gasteiger partial charge in [-0.25, -0.2) is 9.78 Å². The van der Waals surface area contributed by atoms with Crippen LogP contribution in [0.2, 0.25) is 0 Å². The maximum absolute atomic E-state index is 11.1. The van der Waals surface area contributed by atoms with Crippen LogP contribution in [0.4, 0.5) is 0 Å². The van der Waals surface area contributed by atoms with E-state index in [-0.39, 0.29) is 5.69 Å². The summed E-state index contributed by atoms with van der Waals surface area (Å²) in [5.74, 6) is -0.982. The molecule has 2 rings (SSSR count). The van der Waals surface area contributed by atoms with Crippen LogP contribution in [0.15, 0.2) is 22.7 Å². The van der Waals surface area contributed by atoms with Gasteiger partial charge in [-0.3, -0.25) is 0 Å². The van der Waals surface area contributed by atoms with E-state index in [4.69, 9.17) is 5.11 Å². The van der Waals surface area contributed by atoms with Gasteiger partial charge in [0.25, 0.3) is 0 Å². The van der Waals surface area contributed by atoms with Gasteiger partial charge >= 0.3 is 5.97 Å². The highest BCUT2D eigenvalue weighted by Gasteiger charge is 2.17. The van der Waals surface area contributed by atoms with E-state index in [2.05, 4.69) is 20.9 Å². The highest BCUT2D eigenvalue weighted by molar-refractivity contribution is 9.10. The standard InChI is InChI=1S/C12H10BrNO2S/c1-6-5-8(3-4-9(6)13)11-10(12(15)16)14-7(2)17-11/h3-5H,1-2H3,(H,15,16). The van der Waals surface area contributed by atoms with Gasteiger partial charge in [0, 0.05) is 4.47 Å². The van der Waals surface area contributed by atoms with Gasteiger partial charge in [-0.2, -0.15) is 0 Å². The summed E-state index contributed by atoms with van der Waals surface area (Å²) in [6, 6.07) is 5.78. The van der Waals surface area contributed by atoms with Crippen LogP contribution in [0.3, 0.4) is 0 Å². The molecule has 17 heavy (non-hydrogen) atoms. The zero-order valence-electron chi connectivity index (χ0n) is 9.32. The van der Waals surface area contributed by atoms with Crippen LogP contribution < -0.4 is 0 Å². The fourth-order valence-corrected chi connectivity index (χ4v) is 2.71. The number of rotatable bonds is 2. The molecule has 1 heterocycles. The van der Waals surface area contributed by atoms with Crippen molar-refractivity contribution in [3.8, 4) is 10.4 Å². The molecule has 0 bridgehead atoms. The number of halogens is 1. The first-order valence-corrected chi connectivity index (χ1v) is 6.57. The summed E-state index contributed by atoms with van der Waals surface area (Å²) in [5, 5.41) is 9.86. The molecule has 0 atom stereocenters. The molecule has 3 nitrogen and oxygen atoms in total. The van der Waals surface area contributed by atoms with Gasteiger partial charge in [-0.1, -0.05) is 22.0 Å².